The predicted octanol–water partition coefficient (Wildman–Crippen LogP) is -1.40. The molecule has 1 atom stereocenters. The van der Waals surface area contributed by atoms with E-state index in [1.54, 1.807) is 10.8 Å². The van der Waals surface area contributed by atoms with Crippen LogP contribution in [0.1, 0.15) is 31.7 Å². The lowest BCUT2D eigenvalue weighted by Crippen LogP contribution is -2.47. The van der Waals surface area contributed by atoms with E-state index in [0.29, 0.717) is 24.9 Å². The SMILES string of the molecule is CC(=O)NC(CCCC[n+]1cc(O)cc(CO)c1)C(=O)[O-]. The number of pyridine rings is 1. The van der Waals surface area contributed by atoms with E-state index >= 15 is 0 Å². The monoisotopic (exact) mass is 296 g/mol. The van der Waals surface area contributed by atoms with Crippen LogP contribution in [0.3, 0.4) is 0 Å². The predicted molar refractivity (Wildman–Crippen MR) is 70.7 cm³/mol. The highest BCUT2D eigenvalue weighted by atomic mass is 16.4. The quantitative estimate of drug-likeness (QED) is 0.403. The van der Waals surface area contributed by atoms with Crippen LogP contribution in [-0.4, -0.2) is 28.1 Å². The molecule has 0 bridgehead atoms. The number of aliphatic hydroxyl groups excluding tert-OH is 1. The number of carboxylic acid groups (broad SMARTS) is 1. The number of unbranched alkanes of at least 4 members (excludes halogenated alkanes) is 1. The summed E-state index contributed by atoms with van der Waals surface area (Å²) < 4.78 is 1.73. The molecule has 21 heavy (non-hydrogen) atoms. The summed E-state index contributed by atoms with van der Waals surface area (Å²) in [7, 11) is 0. The van der Waals surface area contributed by atoms with Crippen molar-refractivity contribution in [2.75, 3.05) is 0 Å². The average Bonchev–Trinajstić information content (AvgIpc) is 2.40. The largest absolute Gasteiger partial charge is 0.548 e. The van der Waals surface area contributed by atoms with Gasteiger partial charge in [-0.15, -0.1) is 0 Å². The van der Waals surface area contributed by atoms with Crippen LogP contribution in [0.25, 0.3) is 0 Å². The van der Waals surface area contributed by atoms with E-state index in [4.69, 9.17) is 5.11 Å². The molecule has 0 aromatic carbocycles. The van der Waals surface area contributed by atoms with Crippen LogP contribution in [0.2, 0.25) is 0 Å². The van der Waals surface area contributed by atoms with Gasteiger partial charge in [-0.3, -0.25) is 4.79 Å². The standard InChI is InChI=1S/C14H20N2O5/c1-10(18)15-13(14(20)21)4-2-3-5-16-7-11(9-17)6-12(19)8-16/h6-8,13,17H,2-5,9H2,1H3,(H2-,15,18,19,20,21). The van der Waals surface area contributed by atoms with Crippen LogP contribution in [-0.2, 0) is 22.7 Å². The zero-order valence-corrected chi connectivity index (χ0v) is 11.9. The molecule has 1 amide bonds. The van der Waals surface area contributed by atoms with Crippen molar-refractivity contribution in [1.29, 1.82) is 0 Å². The topological polar surface area (TPSA) is 114 Å². The first-order valence-corrected chi connectivity index (χ1v) is 6.73. The van der Waals surface area contributed by atoms with E-state index in [0.717, 1.165) is 0 Å². The van der Waals surface area contributed by atoms with Gasteiger partial charge in [0.25, 0.3) is 0 Å². The molecule has 0 aliphatic heterocycles. The minimum absolute atomic E-state index is 0.0624. The normalized spacial score (nSPS) is 11.9. The Hall–Kier alpha value is -2.15. The van der Waals surface area contributed by atoms with Crippen LogP contribution in [0, 0.1) is 0 Å². The van der Waals surface area contributed by atoms with Crippen molar-refractivity contribution in [3.63, 3.8) is 0 Å². The molecule has 0 saturated heterocycles. The number of aliphatic carboxylic acids is 1. The lowest BCUT2D eigenvalue weighted by molar-refractivity contribution is -0.698. The van der Waals surface area contributed by atoms with Crippen molar-refractivity contribution in [3.8, 4) is 5.75 Å². The van der Waals surface area contributed by atoms with Gasteiger partial charge < -0.3 is 25.4 Å². The van der Waals surface area contributed by atoms with Crippen LogP contribution < -0.4 is 15.0 Å². The fourth-order valence-corrected chi connectivity index (χ4v) is 2.04. The summed E-state index contributed by atoms with van der Waals surface area (Å²) in [5.74, 6) is -1.63. The maximum absolute atomic E-state index is 10.9. The van der Waals surface area contributed by atoms with Crippen molar-refractivity contribution in [2.45, 2.75) is 45.4 Å². The minimum Gasteiger partial charge on any atom is -0.548 e. The molecule has 0 saturated carbocycles. The lowest BCUT2D eigenvalue weighted by Gasteiger charge is -2.18. The van der Waals surface area contributed by atoms with E-state index in [1.807, 2.05) is 0 Å². The van der Waals surface area contributed by atoms with Crippen LogP contribution in [0.15, 0.2) is 18.5 Å². The Labute approximate surface area is 122 Å². The van der Waals surface area contributed by atoms with Gasteiger partial charge in [0.05, 0.1) is 18.6 Å². The number of carboxylic acids is 1. The number of aryl methyl sites for hydroxylation is 1. The molecule has 7 heteroatoms. The minimum atomic E-state index is -1.29. The number of hydrogen-bond donors (Lipinski definition) is 3. The number of carbonyl (C=O) groups excluding carboxylic acids is 2. The van der Waals surface area contributed by atoms with Crippen LogP contribution in [0.4, 0.5) is 0 Å². The Morgan fingerprint density at radius 2 is 2.10 bits per heavy atom. The number of aliphatic hydroxyl groups is 1. The van der Waals surface area contributed by atoms with Gasteiger partial charge >= 0.3 is 0 Å². The van der Waals surface area contributed by atoms with E-state index in [-0.39, 0.29) is 18.8 Å². The summed E-state index contributed by atoms with van der Waals surface area (Å²) in [6, 6.07) is 0.490. The number of hydrogen-bond acceptors (Lipinski definition) is 5. The molecule has 0 aliphatic rings. The Balaban J connectivity index is 2.44. The second-order valence-corrected chi connectivity index (χ2v) is 4.87. The number of carbonyl (C=O) groups is 2. The Morgan fingerprint density at radius 3 is 2.67 bits per heavy atom. The van der Waals surface area contributed by atoms with E-state index in [9.17, 15) is 19.8 Å². The lowest BCUT2D eigenvalue weighted by atomic mass is 10.1. The highest BCUT2D eigenvalue weighted by Crippen LogP contribution is 2.08. The third kappa shape index (κ3) is 6.22. The molecule has 1 aromatic heterocycles. The van der Waals surface area contributed by atoms with Gasteiger partial charge in [0.2, 0.25) is 12.1 Å². The van der Waals surface area contributed by atoms with Crippen molar-refractivity contribution in [3.05, 3.63) is 24.0 Å². The van der Waals surface area contributed by atoms with Crippen molar-refractivity contribution in [1.82, 2.24) is 5.32 Å². The average molecular weight is 296 g/mol. The molecule has 116 valence electrons. The number of aromatic nitrogens is 1. The van der Waals surface area contributed by atoms with Gasteiger partial charge in [-0.2, -0.15) is 0 Å². The summed E-state index contributed by atoms with van der Waals surface area (Å²) in [6.07, 6.45) is 4.78. The first-order valence-electron chi connectivity index (χ1n) is 6.73. The van der Waals surface area contributed by atoms with Gasteiger partial charge in [0.1, 0.15) is 6.54 Å². The molecule has 1 rings (SSSR count). The fourth-order valence-electron chi connectivity index (χ4n) is 2.04. The summed E-state index contributed by atoms with van der Waals surface area (Å²) in [6.45, 7) is 1.67. The van der Waals surface area contributed by atoms with E-state index in [2.05, 4.69) is 5.32 Å². The molecule has 0 radical (unpaired) electrons. The maximum atomic E-state index is 10.9. The Morgan fingerprint density at radius 1 is 1.38 bits per heavy atom. The van der Waals surface area contributed by atoms with Gasteiger partial charge in [0.15, 0.2) is 11.9 Å². The van der Waals surface area contributed by atoms with Crippen molar-refractivity contribution in [2.24, 2.45) is 0 Å². The highest BCUT2D eigenvalue weighted by Gasteiger charge is 2.12. The Kier molecular flexibility index (Phi) is 6.61. The van der Waals surface area contributed by atoms with Crippen LogP contribution >= 0.6 is 0 Å². The first-order chi connectivity index (χ1) is 9.92. The molecular weight excluding hydrogens is 276 g/mol. The number of nitrogens with zero attached hydrogens (tertiary/aromatic N) is 1. The second kappa shape index (κ2) is 8.21. The molecule has 0 fully saturated rings. The summed E-state index contributed by atoms with van der Waals surface area (Å²) >= 11 is 0. The first kappa shape index (κ1) is 16.9. The zero-order valence-electron chi connectivity index (χ0n) is 11.9. The number of amides is 1. The summed E-state index contributed by atoms with van der Waals surface area (Å²) in [4.78, 5) is 21.7. The smallest absolute Gasteiger partial charge is 0.217 e. The molecule has 1 unspecified atom stereocenters. The molecule has 7 nitrogen and oxygen atoms in total. The third-order valence-electron chi connectivity index (χ3n) is 2.97. The molecule has 1 aromatic rings. The van der Waals surface area contributed by atoms with Crippen molar-refractivity contribution >= 4 is 11.9 Å². The van der Waals surface area contributed by atoms with Gasteiger partial charge in [-0.1, -0.05) is 0 Å². The van der Waals surface area contributed by atoms with E-state index < -0.39 is 17.9 Å². The Bertz CT molecular complexity index is 504. The molecule has 1 heterocycles. The van der Waals surface area contributed by atoms with Gasteiger partial charge in [-0.05, 0) is 18.9 Å². The van der Waals surface area contributed by atoms with Crippen LogP contribution in [0.5, 0.6) is 5.75 Å². The number of aromatic hydroxyl groups is 1. The number of rotatable bonds is 8. The number of nitrogens with one attached hydrogen (secondary N) is 1. The molecule has 3 N–H and O–H groups in total. The molecule has 0 aliphatic carbocycles. The molecular formula is C14H20N2O5. The molecule has 0 spiro atoms. The fraction of sp³-hybridized carbons (Fsp3) is 0.500. The van der Waals surface area contributed by atoms with Gasteiger partial charge in [0, 0.05) is 18.9 Å². The zero-order chi connectivity index (χ0) is 15.8. The maximum Gasteiger partial charge on any atom is 0.217 e. The van der Waals surface area contributed by atoms with Crippen molar-refractivity contribution < 1.29 is 29.5 Å². The summed E-state index contributed by atoms with van der Waals surface area (Å²) in [5, 5.41) is 31.7. The third-order valence-corrected chi connectivity index (χ3v) is 2.97. The second-order valence-electron chi connectivity index (χ2n) is 4.87. The highest BCUT2D eigenvalue weighted by molar-refractivity contribution is 5.80. The van der Waals surface area contributed by atoms with E-state index in [1.165, 1.54) is 19.2 Å². The summed E-state index contributed by atoms with van der Waals surface area (Å²) in [5.41, 5.74) is 0.598. The van der Waals surface area contributed by atoms with Gasteiger partial charge in [-0.25, -0.2) is 4.57 Å².